The molecule has 2 unspecified atom stereocenters. The maximum absolute atomic E-state index is 13.9. The lowest BCUT2D eigenvalue weighted by atomic mass is 9.89. The highest BCUT2D eigenvalue weighted by Crippen LogP contribution is 2.43. The highest BCUT2D eigenvalue weighted by atomic mass is 19.1. The zero-order chi connectivity index (χ0) is 20.0. The third-order valence-corrected chi connectivity index (χ3v) is 6.07. The Hall–Kier alpha value is -2.79. The van der Waals surface area contributed by atoms with Gasteiger partial charge in [0, 0.05) is 48.3 Å². The summed E-state index contributed by atoms with van der Waals surface area (Å²) in [5, 5.41) is 0. The van der Waals surface area contributed by atoms with Gasteiger partial charge in [-0.3, -0.25) is 9.88 Å². The zero-order valence-electron chi connectivity index (χ0n) is 16.3. The monoisotopic (exact) mass is 391 g/mol. The molecule has 2 atom stereocenters. The number of fused-ring (bicyclic) bond motifs is 1. The zero-order valence-corrected chi connectivity index (χ0v) is 16.3. The van der Waals surface area contributed by atoms with E-state index in [4.69, 9.17) is 0 Å². The predicted octanol–water partition coefficient (Wildman–Crippen LogP) is 5.39. The molecule has 2 aromatic heterocycles. The molecule has 3 nitrogen and oxygen atoms in total. The van der Waals surface area contributed by atoms with Gasteiger partial charge in [-0.2, -0.15) is 0 Å². The molecule has 2 aliphatic rings. The van der Waals surface area contributed by atoms with Gasteiger partial charge in [0.2, 0.25) is 0 Å². The Bertz CT molecular complexity index is 1050. The molecular weight excluding hydrogens is 368 g/mol. The number of halogens is 2. The van der Waals surface area contributed by atoms with Crippen LogP contribution in [0.3, 0.4) is 0 Å². The van der Waals surface area contributed by atoms with Crippen molar-refractivity contribution in [3.63, 3.8) is 0 Å². The van der Waals surface area contributed by atoms with E-state index in [1.807, 2.05) is 12.1 Å². The third-order valence-electron chi connectivity index (χ3n) is 6.07. The van der Waals surface area contributed by atoms with Crippen molar-refractivity contribution < 1.29 is 8.78 Å². The molecule has 1 N–H and O–H groups in total. The molecule has 0 saturated carbocycles. The number of nitrogens with one attached hydrogen (secondary N) is 1. The van der Waals surface area contributed by atoms with E-state index in [2.05, 4.69) is 27.9 Å². The van der Waals surface area contributed by atoms with Gasteiger partial charge < -0.3 is 4.98 Å². The number of aryl methyl sites for hydroxylation is 1. The first kappa shape index (κ1) is 18.3. The molecule has 4 heterocycles. The second-order valence-corrected chi connectivity index (χ2v) is 7.95. The topological polar surface area (TPSA) is 31.9 Å². The van der Waals surface area contributed by atoms with Crippen molar-refractivity contribution in [1.29, 1.82) is 0 Å². The molecule has 0 amide bonds. The summed E-state index contributed by atoms with van der Waals surface area (Å²) in [5.74, 6) is -0.250. The molecule has 1 saturated heterocycles. The number of nitrogens with zero attached hydrogens (tertiary/aromatic N) is 2. The first-order valence-electron chi connectivity index (χ1n) is 10.1. The SMILES string of the molecule is Cc1[nH]c(-c2ccc(F)cc2)c(-c2ccncc2)c1C1=CC2CC(F)CN2CC1. The average molecular weight is 391 g/mol. The van der Waals surface area contributed by atoms with E-state index in [1.165, 1.54) is 23.3 Å². The van der Waals surface area contributed by atoms with Crippen molar-refractivity contribution >= 4 is 5.57 Å². The van der Waals surface area contributed by atoms with E-state index < -0.39 is 6.17 Å². The van der Waals surface area contributed by atoms with E-state index >= 15 is 0 Å². The number of aromatic nitrogens is 2. The predicted molar refractivity (Wildman–Crippen MR) is 112 cm³/mol. The van der Waals surface area contributed by atoms with E-state index in [9.17, 15) is 8.78 Å². The summed E-state index contributed by atoms with van der Waals surface area (Å²) in [6.45, 7) is 3.49. The van der Waals surface area contributed by atoms with Crippen LogP contribution in [0.25, 0.3) is 28.0 Å². The molecule has 5 heteroatoms. The van der Waals surface area contributed by atoms with Crippen molar-refractivity contribution in [2.45, 2.75) is 32.0 Å². The fourth-order valence-corrected chi connectivity index (χ4v) is 4.76. The molecule has 0 aliphatic carbocycles. The van der Waals surface area contributed by atoms with Gasteiger partial charge in [0.1, 0.15) is 12.0 Å². The maximum Gasteiger partial charge on any atom is 0.123 e. The van der Waals surface area contributed by atoms with Crippen LogP contribution in [0.1, 0.15) is 24.1 Å². The number of rotatable bonds is 3. The Morgan fingerprint density at radius 2 is 1.79 bits per heavy atom. The number of pyridine rings is 1. The van der Waals surface area contributed by atoms with E-state index in [1.54, 1.807) is 24.5 Å². The molecule has 0 bridgehead atoms. The van der Waals surface area contributed by atoms with Crippen LogP contribution in [-0.4, -0.2) is 40.2 Å². The summed E-state index contributed by atoms with van der Waals surface area (Å²) < 4.78 is 27.4. The quantitative estimate of drug-likeness (QED) is 0.649. The second-order valence-electron chi connectivity index (χ2n) is 7.95. The minimum atomic E-state index is -0.739. The largest absolute Gasteiger partial charge is 0.358 e. The molecule has 0 radical (unpaired) electrons. The van der Waals surface area contributed by atoms with Gasteiger partial charge in [-0.15, -0.1) is 0 Å². The number of hydrogen-bond donors (Lipinski definition) is 1. The van der Waals surface area contributed by atoms with E-state index in [0.717, 1.165) is 41.0 Å². The van der Waals surface area contributed by atoms with Crippen LogP contribution < -0.4 is 0 Å². The van der Waals surface area contributed by atoms with Crippen LogP contribution in [0.5, 0.6) is 0 Å². The van der Waals surface area contributed by atoms with Gasteiger partial charge in [-0.25, -0.2) is 8.78 Å². The van der Waals surface area contributed by atoms with Gasteiger partial charge >= 0.3 is 0 Å². The molecule has 3 aromatic rings. The van der Waals surface area contributed by atoms with Crippen molar-refractivity contribution in [3.05, 3.63) is 71.9 Å². The van der Waals surface area contributed by atoms with Crippen LogP contribution in [0, 0.1) is 12.7 Å². The second kappa shape index (κ2) is 7.23. The molecule has 2 aliphatic heterocycles. The Morgan fingerprint density at radius 1 is 1.03 bits per heavy atom. The van der Waals surface area contributed by atoms with Crippen LogP contribution in [-0.2, 0) is 0 Å². The minimum Gasteiger partial charge on any atom is -0.358 e. The van der Waals surface area contributed by atoms with Crippen molar-refractivity contribution in [3.8, 4) is 22.4 Å². The van der Waals surface area contributed by atoms with E-state index in [-0.39, 0.29) is 11.9 Å². The number of hydrogen-bond acceptors (Lipinski definition) is 2. The molecule has 1 fully saturated rings. The number of H-pyrrole nitrogens is 1. The highest BCUT2D eigenvalue weighted by Gasteiger charge is 2.34. The maximum atomic E-state index is 13.9. The summed E-state index contributed by atoms with van der Waals surface area (Å²) in [7, 11) is 0. The first-order valence-corrected chi connectivity index (χ1v) is 10.1. The first-order chi connectivity index (χ1) is 14.1. The molecular formula is C24H23F2N3. The van der Waals surface area contributed by atoms with Gasteiger partial charge in [-0.05, 0) is 72.9 Å². The van der Waals surface area contributed by atoms with Crippen molar-refractivity contribution in [2.24, 2.45) is 0 Å². The van der Waals surface area contributed by atoms with Crippen molar-refractivity contribution in [2.75, 3.05) is 13.1 Å². The lowest BCUT2D eigenvalue weighted by Crippen LogP contribution is -2.32. The molecule has 5 rings (SSSR count). The average Bonchev–Trinajstić information content (AvgIpc) is 3.27. The van der Waals surface area contributed by atoms with Crippen LogP contribution in [0.4, 0.5) is 8.78 Å². The molecule has 148 valence electrons. The van der Waals surface area contributed by atoms with Gasteiger partial charge in [-0.1, -0.05) is 6.08 Å². The summed E-state index contributed by atoms with van der Waals surface area (Å²) in [6.07, 6.45) is 6.55. The van der Waals surface area contributed by atoms with Crippen molar-refractivity contribution in [1.82, 2.24) is 14.9 Å². The number of alkyl halides is 1. The van der Waals surface area contributed by atoms with Gasteiger partial charge in [0.25, 0.3) is 0 Å². The van der Waals surface area contributed by atoms with E-state index in [0.29, 0.717) is 13.0 Å². The smallest absolute Gasteiger partial charge is 0.123 e. The van der Waals surface area contributed by atoms with Gasteiger partial charge in [0.15, 0.2) is 0 Å². The van der Waals surface area contributed by atoms with Crippen LogP contribution in [0.15, 0.2) is 54.9 Å². The summed E-state index contributed by atoms with van der Waals surface area (Å²) in [5.41, 5.74) is 7.59. The highest BCUT2D eigenvalue weighted by molar-refractivity contribution is 5.92. The summed E-state index contributed by atoms with van der Waals surface area (Å²) in [4.78, 5) is 9.94. The summed E-state index contributed by atoms with van der Waals surface area (Å²) >= 11 is 0. The fraction of sp³-hybridized carbons (Fsp3) is 0.292. The fourth-order valence-electron chi connectivity index (χ4n) is 4.76. The van der Waals surface area contributed by atoms with Crippen LogP contribution >= 0.6 is 0 Å². The Morgan fingerprint density at radius 3 is 2.55 bits per heavy atom. The number of benzene rings is 1. The molecule has 29 heavy (non-hydrogen) atoms. The number of aromatic amines is 1. The lowest BCUT2D eigenvalue weighted by molar-refractivity contribution is 0.266. The molecule has 1 aromatic carbocycles. The molecule has 0 spiro atoms. The Labute approximate surface area is 169 Å². The minimum absolute atomic E-state index is 0.169. The lowest BCUT2D eigenvalue weighted by Gasteiger charge is -2.28. The van der Waals surface area contributed by atoms with Gasteiger partial charge in [0.05, 0.1) is 5.69 Å². The Balaban J connectivity index is 1.68. The van der Waals surface area contributed by atoms with Crippen LogP contribution in [0.2, 0.25) is 0 Å². The standard InChI is InChI=1S/C24H23F2N3/c1-15-22(18-8-11-29-14-20(26)13-21(29)12-18)23(16-6-9-27-10-7-16)24(28-15)17-2-4-19(25)5-3-17/h2-7,9-10,12,20-21,28H,8,11,13-14H2,1H3. The summed E-state index contributed by atoms with van der Waals surface area (Å²) in [6, 6.07) is 10.7. The normalized spacial score (nSPS) is 21.8. The Kier molecular flexibility index (Phi) is 4.55. The third kappa shape index (κ3) is 3.29.